The Morgan fingerprint density at radius 3 is 2.28 bits per heavy atom. The van der Waals surface area contributed by atoms with Gasteiger partial charge in [0, 0.05) is 11.6 Å². The van der Waals surface area contributed by atoms with Gasteiger partial charge in [-0.15, -0.1) is 10.2 Å². The van der Waals surface area contributed by atoms with Gasteiger partial charge in [0.05, 0.1) is 17.7 Å². The molecule has 4 heterocycles. The molecule has 0 saturated heterocycles. The Morgan fingerprint density at radius 1 is 0.872 bits per heavy atom. The molecule has 1 aliphatic rings. The number of carbonyl (C=O) groups excluding carboxylic acids is 2. The number of aromatic nitrogens is 4. The van der Waals surface area contributed by atoms with Crippen LogP contribution in [0.1, 0.15) is 47.1 Å². The third-order valence-electron chi connectivity index (χ3n) is 7.78. The maximum absolute atomic E-state index is 12.8. The number of hydrogen-bond donors (Lipinski definition) is 0. The molecule has 2 amide bonds. The summed E-state index contributed by atoms with van der Waals surface area (Å²) in [5, 5.41) is 9.83. The minimum atomic E-state index is -2.07. The number of fused-ring (bicyclic) bond motifs is 3. The van der Waals surface area contributed by atoms with Crippen molar-refractivity contribution in [3.8, 4) is 17.3 Å². The van der Waals surface area contributed by atoms with Crippen LogP contribution in [0.2, 0.25) is 18.1 Å². The summed E-state index contributed by atoms with van der Waals surface area (Å²) < 4.78 is 8.49. The van der Waals surface area contributed by atoms with Crippen LogP contribution in [0.15, 0.2) is 72.9 Å². The van der Waals surface area contributed by atoms with Crippen LogP contribution < -0.4 is 4.43 Å². The lowest BCUT2D eigenvalue weighted by Crippen LogP contribution is -2.43. The van der Waals surface area contributed by atoms with E-state index < -0.39 is 8.32 Å². The summed E-state index contributed by atoms with van der Waals surface area (Å²) in [4.78, 5) is 31.8. The number of carbonyl (C=O) groups is 2. The van der Waals surface area contributed by atoms with E-state index in [2.05, 4.69) is 44.1 Å². The molecule has 39 heavy (non-hydrogen) atoms. The van der Waals surface area contributed by atoms with Crippen LogP contribution in [-0.2, 0) is 6.54 Å². The zero-order valence-electron chi connectivity index (χ0n) is 22.6. The van der Waals surface area contributed by atoms with Crippen molar-refractivity contribution in [2.24, 2.45) is 0 Å². The van der Waals surface area contributed by atoms with Gasteiger partial charge in [-0.25, -0.2) is 4.98 Å². The molecule has 196 valence electrons. The highest BCUT2D eigenvalue weighted by Crippen LogP contribution is 2.39. The molecule has 0 saturated carbocycles. The van der Waals surface area contributed by atoms with E-state index in [-0.39, 0.29) is 23.4 Å². The van der Waals surface area contributed by atoms with Crippen LogP contribution in [0.3, 0.4) is 0 Å². The van der Waals surface area contributed by atoms with Crippen LogP contribution in [0.4, 0.5) is 0 Å². The summed E-state index contributed by atoms with van der Waals surface area (Å²) in [5.74, 6) is 0.807. The number of amides is 2. The molecule has 5 aromatic rings. The number of nitrogens with zero attached hydrogens (tertiary/aromatic N) is 5. The highest BCUT2D eigenvalue weighted by atomic mass is 28.4. The van der Waals surface area contributed by atoms with Crippen LogP contribution in [0.5, 0.6) is 5.75 Å². The molecule has 6 rings (SSSR count). The number of imide groups is 1. The van der Waals surface area contributed by atoms with E-state index >= 15 is 0 Å². The quantitative estimate of drug-likeness (QED) is 0.199. The van der Waals surface area contributed by atoms with Gasteiger partial charge in [0.1, 0.15) is 17.0 Å². The summed E-state index contributed by atoms with van der Waals surface area (Å²) >= 11 is 0. The van der Waals surface area contributed by atoms with Crippen molar-refractivity contribution in [1.29, 1.82) is 0 Å². The fourth-order valence-electron chi connectivity index (χ4n) is 4.53. The number of benzene rings is 2. The molecule has 0 bridgehead atoms. The Hall–Kier alpha value is -4.37. The van der Waals surface area contributed by atoms with E-state index in [0.29, 0.717) is 28.3 Å². The standard InChI is InChI=1S/C30H29N5O3Si/c1-30(2,3)39(4,5)38-24-12-8-9-20-13-14-23(31-26(20)24)27-33-32-25-17-19(15-16-34(25)27)18-35-28(36)21-10-6-7-11-22(21)29(35)37/h6-17H,18H2,1-5H3. The second-order valence-electron chi connectivity index (χ2n) is 11.4. The van der Waals surface area contributed by atoms with E-state index in [4.69, 9.17) is 9.41 Å². The molecule has 8 nitrogen and oxygen atoms in total. The molecule has 0 radical (unpaired) electrons. The fraction of sp³-hybridized carbons (Fsp3) is 0.233. The topological polar surface area (TPSA) is 89.7 Å². The lowest BCUT2D eigenvalue weighted by Gasteiger charge is -2.36. The third kappa shape index (κ3) is 4.19. The summed E-state index contributed by atoms with van der Waals surface area (Å²) in [6.45, 7) is 11.3. The van der Waals surface area contributed by atoms with Gasteiger partial charge in [0.25, 0.3) is 20.1 Å². The minimum absolute atomic E-state index is 0.0563. The predicted octanol–water partition coefficient (Wildman–Crippen LogP) is 6.12. The lowest BCUT2D eigenvalue weighted by atomic mass is 10.1. The number of pyridine rings is 2. The fourth-order valence-corrected chi connectivity index (χ4v) is 5.55. The molecule has 0 unspecified atom stereocenters. The average molecular weight is 536 g/mol. The van der Waals surface area contributed by atoms with Gasteiger partial charge in [-0.05, 0) is 60.1 Å². The summed E-state index contributed by atoms with van der Waals surface area (Å²) in [6.07, 6.45) is 1.85. The molecule has 1 aliphatic heterocycles. The van der Waals surface area contributed by atoms with E-state index in [1.165, 1.54) is 4.90 Å². The monoisotopic (exact) mass is 535 g/mol. The zero-order valence-corrected chi connectivity index (χ0v) is 23.6. The van der Waals surface area contributed by atoms with Gasteiger partial charge >= 0.3 is 0 Å². The Balaban J connectivity index is 1.32. The molecule has 0 fully saturated rings. The van der Waals surface area contributed by atoms with Gasteiger partial charge in [0.15, 0.2) is 11.5 Å². The highest BCUT2D eigenvalue weighted by Gasteiger charge is 2.39. The largest absolute Gasteiger partial charge is 0.542 e. The molecular weight excluding hydrogens is 506 g/mol. The van der Waals surface area contributed by atoms with E-state index in [1.54, 1.807) is 24.3 Å². The first-order valence-corrected chi connectivity index (χ1v) is 15.8. The highest BCUT2D eigenvalue weighted by molar-refractivity contribution is 6.74. The second kappa shape index (κ2) is 8.84. The first-order chi connectivity index (χ1) is 18.5. The maximum atomic E-state index is 12.8. The van der Waals surface area contributed by atoms with Crippen molar-refractivity contribution in [1.82, 2.24) is 24.5 Å². The van der Waals surface area contributed by atoms with E-state index in [9.17, 15) is 9.59 Å². The van der Waals surface area contributed by atoms with Gasteiger partial charge < -0.3 is 4.43 Å². The zero-order chi connectivity index (χ0) is 27.5. The molecule has 3 aromatic heterocycles. The normalized spacial score (nSPS) is 13.9. The van der Waals surface area contributed by atoms with Crippen molar-refractivity contribution >= 4 is 36.7 Å². The van der Waals surface area contributed by atoms with Crippen molar-refractivity contribution in [3.63, 3.8) is 0 Å². The predicted molar refractivity (Wildman–Crippen MR) is 152 cm³/mol. The number of rotatable bonds is 5. The third-order valence-corrected chi connectivity index (χ3v) is 12.1. The number of para-hydroxylation sites is 1. The van der Waals surface area contributed by atoms with Crippen LogP contribution in [-0.4, -0.2) is 44.6 Å². The maximum Gasteiger partial charge on any atom is 0.261 e. The average Bonchev–Trinajstić information content (AvgIpc) is 3.43. The van der Waals surface area contributed by atoms with Crippen LogP contribution in [0, 0.1) is 0 Å². The van der Waals surface area contributed by atoms with Crippen molar-refractivity contribution in [2.45, 2.75) is 45.4 Å². The molecule has 2 aromatic carbocycles. The Kier molecular flexibility index (Phi) is 5.65. The van der Waals surface area contributed by atoms with Crippen molar-refractivity contribution in [3.05, 3.63) is 89.6 Å². The minimum Gasteiger partial charge on any atom is -0.542 e. The number of hydrogen-bond acceptors (Lipinski definition) is 6. The van der Waals surface area contributed by atoms with Crippen LogP contribution >= 0.6 is 0 Å². The molecule has 0 N–H and O–H groups in total. The Labute approximate surface area is 227 Å². The van der Waals surface area contributed by atoms with Crippen LogP contribution in [0.25, 0.3) is 28.1 Å². The summed E-state index contributed by atoms with van der Waals surface area (Å²) in [7, 11) is -2.07. The molecule has 0 atom stereocenters. The molecule has 0 spiro atoms. The van der Waals surface area contributed by atoms with Crippen molar-refractivity contribution in [2.75, 3.05) is 0 Å². The Bertz CT molecular complexity index is 1750. The van der Waals surface area contributed by atoms with E-state index in [1.807, 2.05) is 53.1 Å². The van der Waals surface area contributed by atoms with Gasteiger partial charge in [-0.2, -0.15) is 0 Å². The van der Waals surface area contributed by atoms with Crippen molar-refractivity contribution < 1.29 is 14.0 Å². The summed E-state index contributed by atoms with van der Waals surface area (Å²) in [6, 6.07) is 20.6. The smallest absolute Gasteiger partial charge is 0.261 e. The van der Waals surface area contributed by atoms with Gasteiger partial charge in [-0.3, -0.25) is 18.9 Å². The molecule has 0 aliphatic carbocycles. The molecular formula is C30H29N5O3Si. The van der Waals surface area contributed by atoms with Gasteiger partial charge in [-0.1, -0.05) is 51.1 Å². The molecule has 9 heteroatoms. The van der Waals surface area contributed by atoms with E-state index in [0.717, 1.165) is 22.2 Å². The summed E-state index contributed by atoms with van der Waals surface area (Å²) in [5.41, 5.74) is 3.73. The SMILES string of the molecule is CC(C)(C)[Si](C)(C)Oc1cccc2ccc(-c3nnc4cc(CN5C(=O)c6ccccc6C5=O)ccn34)nc12. The first-order valence-electron chi connectivity index (χ1n) is 12.9. The van der Waals surface area contributed by atoms with Gasteiger partial charge in [0.2, 0.25) is 0 Å². The second-order valence-corrected chi connectivity index (χ2v) is 16.1. The lowest BCUT2D eigenvalue weighted by molar-refractivity contribution is 0.0642. The Morgan fingerprint density at radius 2 is 1.59 bits per heavy atom. The first kappa shape index (κ1) is 24.9.